The van der Waals surface area contributed by atoms with E-state index in [9.17, 15) is 5.26 Å². The number of piperidine rings is 1. The number of nitrogens with one attached hydrogen (secondary N) is 2. The number of pyridine rings is 1. The van der Waals surface area contributed by atoms with Gasteiger partial charge in [0.1, 0.15) is 11.8 Å². The molecule has 224 valence electrons. The average molecular weight is 600 g/mol. The molecule has 43 heavy (non-hydrogen) atoms. The number of hydrogen-bond acceptors (Lipinski definition) is 9. The fourth-order valence-corrected chi connectivity index (χ4v) is 6.19. The summed E-state index contributed by atoms with van der Waals surface area (Å²) in [6.45, 7) is 11.6. The Morgan fingerprint density at radius 1 is 1.07 bits per heavy atom. The van der Waals surface area contributed by atoms with Crippen LogP contribution in [-0.4, -0.2) is 74.8 Å². The SMILES string of the molecule is CC(C)(C)N1CCC(n2cc([C@@H](Nc3cc(Cl)c4ncc(C#N)c(NN5CCOCC5)c4c3)c3ccccc3)nn2)CC1. The Kier molecular flexibility index (Phi) is 8.50. The highest BCUT2D eigenvalue weighted by Crippen LogP contribution is 2.36. The first-order valence-corrected chi connectivity index (χ1v) is 15.3. The van der Waals surface area contributed by atoms with Gasteiger partial charge in [0.05, 0.1) is 53.3 Å². The number of anilines is 2. The van der Waals surface area contributed by atoms with Crippen LogP contribution in [0.1, 0.15) is 62.5 Å². The molecule has 1 atom stereocenters. The number of rotatable bonds is 7. The fourth-order valence-electron chi connectivity index (χ4n) is 5.92. The van der Waals surface area contributed by atoms with E-state index in [1.165, 1.54) is 0 Å². The largest absolute Gasteiger partial charge is 0.379 e. The van der Waals surface area contributed by atoms with E-state index in [-0.39, 0.29) is 11.6 Å². The molecule has 4 heterocycles. The third-order valence-corrected chi connectivity index (χ3v) is 8.67. The number of aromatic nitrogens is 4. The zero-order valence-electron chi connectivity index (χ0n) is 24.9. The van der Waals surface area contributed by atoms with Gasteiger partial charge in [0.15, 0.2) is 0 Å². The molecule has 0 unspecified atom stereocenters. The van der Waals surface area contributed by atoms with E-state index < -0.39 is 0 Å². The van der Waals surface area contributed by atoms with Crippen molar-refractivity contribution in [2.24, 2.45) is 0 Å². The molecule has 0 spiro atoms. The number of morpholine rings is 1. The van der Waals surface area contributed by atoms with Crippen molar-refractivity contribution in [2.45, 2.75) is 51.2 Å². The van der Waals surface area contributed by atoms with Crippen LogP contribution in [0.5, 0.6) is 0 Å². The first-order chi connectivity index (χ1) is 20.8. The highest BCUT2D eigenvalue weighted by molar-refractivity contribution is 6.35. The lowest BCUT2D eigenvalue weighted by molar-refractivity contribution is 0.0497. The van der Waals surface area contributed by atoms with Crippen LogP contribution >= 0.6 is 11.6 Å². The van der Waals surface area contributed by atoms with Gasteiger partial charge in [-0.25, -0.2) is 9.69 Å². The Morgan fingerprint density at radius 3 is 2.51 bits per heavy atom. The third-order valence-electron chi connectivity index (χ3n) is 8.38. The zero-order valence-corrected chi connectivity index (χ0v) is 25.7. The van der Waals surface area contributed by atoms with E-state index in [0.717, 1.165) is 48.3 Å². The van der Waals surface area contributed by atoms with Gasteiger partial charge in [-0.05, 0) is 51.3 Å². The zero-order chi connectivity index (χ0) is 30.0. The van der Waals surface area contributed by atoms with E-state index in [1.807, 2.05) is 35.0 Å². The number of hydrogen-bond donors (Lipinski definition) is 2. The van der Waals surface area contributed by atoms with Crippen LogP contribution in [0.15, 0.2) is 54.9 Å². The summed E-state index contributed by atoms with van der Waals surface area (Å²) in [5.74, 6) is 0. The van der Waals surface area contributed by atoms with Crippen molar-refractivity contribution in [3.05, 3.63) is 76.7 Å². The van der Waals surface area contributed by atoms with Gasteiger partial charge in [-0.3, -0.25) is 9.88 Å². The summed E-state index contributed by atoms with van der Waals surface area (Å²) in [6.07, 6.45) is 5.72. The second kappa shape index (κ2) is 12.5. The number of benzene rings is 2. The molecule has 2 aliphatic heterocycles. The summed E-state index contributed by atoms with van der Waals surface area (Å²) in [4.78, 5) is 7.06. The van der Waals surface area contributed by atoms with Gasteiger partial charge in [0.2, 0.25) is 0 Å². The molecule has 2 N–H and O–H groups in total. The molecular weight excluding hydrogens is 562 g/mol. The Labute approximate surface area is 257 Å². The lowest BCUT2D eigenvalue weighted by Crippen LogP contribution is -2.46. The van der Waals surface area contributed by atoms with Gasteiger partial charge in [-0.2, -0.15) is 5.26 Å². The summed E-state index contributed by atoms with van der Waals surface area (Å²) < 4.78 is 7.54. The van der Waals surface area contributed by atoms with E-state index in [4.69, 9.17) is 16.3 Å². The van der Waals surface area contributed by atoms with Crippen molar-refractivity contribution < 1.29 is 4.74 Å². The highest BCUT2D eigenvalue weighted by atomic mass is 35.5. The summed E-state index contributed by atoms with van der Waals surface area (Å²) >= 11 is 6.81. The van der Waals surface area contributed by atoms with Crippen molar-refractivity contribution in [2.75, 3.05) is 50.1 Å². The normalized spacial score (nSPS) is 17.9. The van der Waals surface area contributed by atoms with Gasteiger partial charge in [0, 0.05) is 49.0 Å². The van der Waals surface area contributed by atoms with Gasteiger partial charge >= 0.3 is 0 Å². The molecule has 2 aliphatic rings. The van der Waals surface area contributed by atoms with E-state index in [2.05, 4.69) is 81.1 Å². The Bertz CT molecular complexity index is 1600. The number of nitrogens with zero attached hydrogens (tertiary/aromatic N) is 7. The first kappa shape index (κ1) is 29.3. The molecule has 0 bridgehead atoms. The molecule has 11 heteroatoms. The molecule has 0 saturated carbocycles. The second-order valence-electron chi connectivity index (χ2n) is 12.2. The summed E-state index contributed by atoms with van der Waals surface area (Å²) in [6, 6.07) is 16.4. The minimum Gasteiger partial charge on any atom is -0.379 e. The molecule has 0 amide bonds. The molecule has 2 fully saturated rings. The lowest BCUT2D eigenvalue weighted by Gasteiger charge is -2.40. The summed E-state index contributed by atoms with van der Waals surface area (Å²) in [5, 5.41) is 26.2. The van der Waals surface area contributed by atoms with Crippen molar-refractivity contribution in [3.63, 3.8) is 0 Å². The maximum absolute atomic E-state index is 9.91. The predicted molar refractivity (Wildman–Crippen MR) is 169 cm³/mol. The number of nitriles is 1. The average Bonchev–Trinajstić information content (AvgIpc) is 3.51. The molecule has 2 aromatic carbocycles. The molecule has 0 radical (unpaired) electrons. The third kappa shape index (κ3) is 6.45. The van der Waals surface area contributed by atoms with Crippen molar-refractivity contribution in [3.8, 4) is 6.07 Å². The highest BCUT2D eigenvalue weighted by Gasteiger charge is 2.29. The number of fused-ring (bicyclic) bond motifs is 1. The van der Waals surface area contributed by atoms with Crippen LogP contribution in [0.4, 0.5) is 11.4 Å². The Balaban J connectivity index is 1.32. The first-order valence-electron chi connectivity index (χ1n) is 14.9. The molecule has 0 aliphatic carbocycles. The fraction of sp³-hybridized carbons (Fsp3) is 0.438. The Hall–Kier alpha value is -3.75. The molecule has 10 nitrogen and oxygen atoms in total. The van der Waals surface area contributed by atoms with Crippen LogP contribution in [0, 0.1) is 11.3 Å². The summed E-state index contributed by atoms with van der Waals surface area (Å²) in [7, 11) is 0. The molecule has 6 rings (SSSR count). The van der Waals surface area contributed by atoms with E-state index in [1.54, 1.807) is 6.20 Å². The maximum Gasteiger partial charge on any atom is 0.109 e. The van der Waals surface area contributed by atoms with E-state index >= 15 is 0 Å². The molecular formula is C32H38ClN9O. The van der Waals surface area contributed by atoms with Gasteiger partial charge in [-0.1, -0.05) is 47.1 Å². The van der Waals surface area contributed by atoms with Gasteiger partial charge in [-0.15, -0.1) is 5.10 Å². The minimum absolute atomic E-state index is 0.170. The lowest BCUT2D eigenvalue weighted by atomic mass is 9.98. The van der Waals surface area contributed by atoms with Crippen molar-refractivity contribution in [1.82, 2.24) is 29.9 Å². The Morgan fingerprint density at radius 2 is 1.81 bits per heavy atom. The quantitative estimate of drug-likeness (QED) is 0.279. The molecule has 2 aromatic heterocycles. The number of hydrazine groups is 1. The number of likely N-dealkylation sites (tertiary alicyclic amines) is 1. The minimum atomic E-state index is -0.263. The number of halogens is 1. The van der Waals surface area contributed by atoms with Crippen LogP contribution < -0.4 is 10.7 Å². The van der Waals surface area contributed by atoms with Gasteiger partial charge < -0.3 is 15.5 Å². The monoisotopic (exact) mass is 599 g/mol. The van der Waals surface area contributed by atoms with Crippen molar-refractivity contribution >= 4 is 33.9 Å². The van der Waals surface area contributed by atoms with Crippen LogP contribution in [0.25, 0.3) is 10.9 Å². The molecule has 4 aromatic rings. The predicted octanol–water partition coefficient (Wildman–Crippen LogP) is 5.65. The van der Waals surface area contributed by atoms with E-state index in [0.29, 0.717) is 54.1 Å². The second-order valence-corrected chi connectivity index (χ2v) is 12.6. The molecule has 2 saturated heterocycles. The van der Waals surface area contributed by atoms with Crippen LogP contribution in [0.3, 0.4) is 0 Å². The van der Waals surface area contributed by atoms with Crippen LogP contribution in [-0.2, 0) is 4.74 Å². The topological polar surface area (TPSA) is 107 Å². The smallest absolute Gasteiger partial charge is 0.109 e. The maximum atomic E-state index is 9.91. The van der Waals surface area contributed by atoms with Gasteiger partial charge in [0.25, 0.3) is 0 Å². The van der Waals surface area contributed by atoms with Crippen LogP contribution in [0.2, 0.25) is 5.02 Å². The summed E-state index contributed by atoms with van der Waals surface area (Å²) in [5.41, 5.74) is 8.06. The van der Waals surface area contributed by atoms with Crippen molar-refractivity contribution in [1.29, 1.82) is 5.26 Å². The number of ether oxygens (including phenoxy) is 1. The standard InChI is InChI=1S/C32H38ClN9O/c1-32(2,3)40-11-9-25(10-12-40)42-21-28(37-39-42)30(22-7-5-4-6-8-22)36-24-17-26-29(38-41-13-15-43-16-14-41)23(19-34)20-35-31(26)27(33)18-24/h4-8,17-18,20-21,25,30,36H,9-16H2,1-3H3,(H,35,38)/t30-/m0/s1.